The standard InChI is InChI=1S/C14H23N3O3/c1-10(2)16-13-7-5-6-12(17-13)14(18)15-8-11(20-4)9-19-3/h5-7,10-11H,8-9H2,1-4H3,(H,15,18)(H,16,17). The fourth-order valence-corrected chi connectivity index (χ4v) is 1.63. The molecule has 6 heteroatoms. The molecule has 1 aromatic rings. The van der Waals surface area contributed by atoms with Crippen molar-refractivity contribution in [2.45, 2.75) is 26.0 Å². The summed E-state index contributed by atoms with van der Waals surface area (Å²) < 4.78 is 10.2. The minimum Gasteiger partial charge on any atom is -0.382 e. The van der Waals surface area contributed by atoms with Gasteiger partial charge in [-0.2, -0.15) is 0 Å². The Morgan fingerprint density at radius 2 is 2.10 bits per heavy atom. The van der Waals surface area contributed by atoms with Crippen LogP contribution >= 0.6 is 0 Å². The third kappa shape index (κ3) is 5.54. The van der Waals surface area contributed by atoms with Crippen LogP contribution in [0.1, 0.15) is 24.3 Å². The summed E-state index contributed by atoms with van der Waals surface area (Å²) in [7, 11) is 3.18. The molecule has 6 nitrogen and oxygen atoms in total. The zero-order valence-corrected chi connectivity index (χ0v) is 12.5. The van der Waals surface area contributed by atoms with Crippen molar-refractivity contribution >= 4 is 11.7 Å². The molecule has 0 aromatic carbocycles. The number of hydrogen-bond donors (Lipinski definition) is 2. The molecule has 2 N–H and O–H groups in total. The van der Waals surface area contributed by atoms with E-state index in [1.807, 2.05) is 19.9 Å². The number of rotatable bonds is 8. The summed E-state index contributed by atoms with van der Waals surface area (Å²) in [5.74, 6) is 0.461. The Bertz CT molecular complexity index is 424. The Morgan fingerprint density at radius 1 is 1.35 bits per heavy atom. The van der Waals surface area contributed by atoms with Gasteiger partial charge < -0.3 is 20.1 Å². The van der Waals surface area contributed by atoms with E-state index < -0.39 is 0 Å². The Kier molecular flexibility index (Phi) is 6.97. The number of amides is 1. The highest BCUT2D eigenvalue weighted by Gasteiger charge is 2.12. The lowest BCUT2D eigenvalue weighted by molar-refractivity contribution is 0.0285. The predicted octanol–water partition coefficient (Wildman–Crippen LogP) is 1.29. The van der Waals surface area contributed by atoms with Gasteiger partial charge in [0, 0.05) is 26.8 Å². The largest absolute Gasteiger partial charge is 0.382 e. The monoisotopic (exact) mass is 281 g/mol. The summed E-state index contributed by atoms with van der Waals surface area (Å²) in [5.41, 5.74) is 0.378. The maximum absolute atomic E-state index is 12.0. The van der Waals surface area contributed by atoms with Gasteiger partial charge in [-0.3, -0.25) is 4.79 Å². The minimum atomic E-state index is -0.226. The molecular formula is C14H23N3O3. The quantitative estimate of drug-likeness (QED) is 0.751. The van der Waals surface area contributed by atoms with Crippen LogP contribution in [0.15, 0.2) is 18.2 Å². The van der Waals surface area contributed by atoms with Crippen molar-refractivity contribution in [3.63, 3.8) is 0 Å². The number of aromatic nitrogens is 1. The zero-order valence-electron chi connectivity index (χ0n) is 12.5. The molecule has 1 aromatic heterocycles. The van der Waals surface area contributed by atoms with Gasteiger partial charge in [-0.1, -0.05) is 6.07 Å². The molecule has 0 aliphatic heterocycles. The van der Waals surface area contributed by atoms with Crippen LogP contribution in [0.2, 0.25) is 0 Å². The predicted molar refractivity (Wildman–Crippen MR) is 78.0 cm³/mol. The first-order valence-electron chi connectivity index (χ1n) is 6.60. The lowest BCUT2D eigenvalue weighted by atomic mass is 10.3. The van der Waals surface area contributed by atoms with Crippen molar-refractivity contribution in [2.24, 2.45) is 0 Å². The van der Waals surface area contributed by atoms with Crippen LogP contribution in [0.3, 0.4) is 0 Å². The maximum atomic E-state index is 12.0. The van der Waals surface area contributed by atoms with E-state index in [0.717, 1.165) is 0 Å². The van der Waals surface area contributed by atoms with Crippen LogP contribution in [0.25, 0.3) is 0 Å². The number of pyridine rings is 1. The number of nitrogens with one attached hydrogen (secondary N) is 2. The second kappa shape index (κ2) is 8.50. The van der Waals surface area contributed by atoms with Gasteiger partial charge in [0.25, 0.3) is 5.91 Å². The minimum absolute atomic E-state index is 0.166. The normalized spacial score (nSPS) is 12.2. The lowest BCUT2D eigenvalue weighted by Gasteiger charge is -2.15. The summed E-state index contributed by atoms with van der Waals surface area (Å²) in [6.45, 7) is 4.84. The molecule has 0 spiro atoms. The molecule has 20 heavy (non-hydrogen) atoms. The fraction of sp³-hybridized carbons (Fsp3) is 0.571. The first kappa shape index (κ1) is 16.4. The highest BCUT2D eigenvalue weighted by atomic mass is 16.5. The third-order valence-corrected chi connectivity index (χ3v) is 2.59. The molecule has 0 aliphatic rings. The van der Waals surface area contributed by atoms with Crippen molar-refractivity contribution < 1.29 is 14.3 Å². The number of nitrogens with zero attached hydrogens (tertiary/aromatic N) is 1. The SMILES string of the molecule is COCC(CNC(=O)c1cccc(NC(C)C)n1)OC. The van der Waals surface area contributed by atoms with Crippen molar-refractivity contribution in [1.29, 1.82) is 0 Å². The van der Waals surface area contributed by atoms with Gasteiger partial charge in [-0.15, -0.1) is 0 Å². The number of anilines is 1. The number of carbonyl (C=O) groups excluding carboxylic acids is 1. The van der Waals surface area contributed by atoms with Gasteiger partial charge in [0.2, 0.25) is 0 Å². The second-order valence-electron chi connectivity index (χ2n) is 4.73. The number of hydrogen-bond acceptors (Lipinski definition) is 5. The van der Waals surface area contributed by atoms with Crippen LogP contribution in [-0.4, -0.2) is 50.4 Å². The van der Waals surface area contributed by atoms with Gasteiger partial charge >= 0.3 is 0 Å². The topological polar surface area (TPSA) is 72.5 Å². The molecule has 0 radical (unpaired) electrons. The Labute approximate surface area is 119 Å². The first-order valence-corrected chi connectivity index (χ1v) is 6.60. The maximum Gasteiger partial charge on any atom is 0.270 e. The van der Waals surface area contributed by atoms with E-state index in [-0.39, 0.29) is 18.1 Å². The number of methoxy groups -OCH3 is 2. The average molecular weight is 281 g/mol. The van der Waals surface area contributed by atoms with Gasteiger partial charge in [0.1, 0.15) is 11.5 Å². The highest BCUT2D eigenvalue weighted by molar-refractivity contribution is 5.92. The average Bonchev–Trinajstić information content (AvgIpc) is 2.42. The smallest absolute Gasteiger partial charge is 0.270 e. The summed E-state index contributed by atoms with van der Waals surface area (Å²) >= 11 is 0. The molecule has 0 bridgehead atoms. The summed E-state index contributed by atoms with van der Waals surface area (Å²) in [5, 5.41) is 5.94. The molecular weight excluding hydrogens is 258 g/mol. The van der Waals surface area contributed by atoms with Gasteiger partial charge in [0.05, 0.1) is 12.7 Å². The van der Waals surface area contributed by atoms with Crippen LogP contribution in [-0.2, 0) is 9.47 Å². The molecule has 1 atom stereocenters. The molecule has 1 unspecified atom stereocenters. The van der Waals surface area contributed by atoms with Crippen LogP contribution in [0, 0.1) is 0 Å². The number of ether oxygens (including phenoxy) is 2. The molecule has 1 amide bonds. The lowest BCUT2D eigenvalue weighted by Crippen LogP contribution is -2.36. The fourth-order valence-electron chi connectivity index (χ4n) is 1.63. The zero-order chi connectivity index (χ0) is 15.0. The molecule has 1 heterocycles. The van der Waals surface area contributed by atoms with Crippen molar-refractivity contribution in [3.8, 4) is 0 Å². The van der Waals surface area contributed by atoms with Crippen LogP contribution in [0.5, 0.6) is 0 Å². The molecule has 0 aliphatic carbocycles. The summed E-state index contributed by atoms with van der Waals surface area (Å²) in [4.78, 5) is 16.3. The van der Waals surface area contributed by atoms with E-state index in [1.165, 1.54) is 0 Å². The molecule has 112 valence electrons. The molecule has 1 rings (SSSR count). The van der Waals surface area contributed by atoms with E-state index in [1.54, 1.807) is 26.4 Å². The first-order chi connectivity index (χ1) is 9.56. The van der Waals surface area contributed by atoms with Gasteiger partial charge in [-0.25, -0.2) is 4.98 Å². The molecule has 0 saturated carbocycles. The van der Waals surface area contributed by atoms with Crippen LogP contribution in [0.4, 0.5) is 5.82 Å². The van der Waals surface area contributed by atoms with E-state index in [2.05, 4.69) is 15.6 Å². The van der Waals surface area contributed by atoms with E-state index in [0.29, 0.717) is 24.7 Å². The van der Waals surface area contributed by atoms with Gasteiger partial charge in [-0.05, 0) is 26.0 Å². The second-order valence-corrected chi connectivity index (χ2v) is 4.73. The van der Waals surface area contributed by atoms with Crippen LogP contribution < -0.4 is 10.6 Å². The summed E-state index contributed by atoms with van der Waals surface area (Å²) in [6, 6.07) is 5.58. The van der Waals surface area contributed by atoms with Crippen molar-refractivity contribution in [2.75, 3.05) is 32.7 Å². The Balaban J connectivity index is 2.58. The molecule has 0 saturated heterocycles. The van der Waals surface area contributed by atoms with Crippen molar-refractivity contribution in [1.82, 2.24) is 10.3 Å². The van der Waals surface area contributed by atoms with E-state index in [9.17, 15) is 4.79 Å². The number of carbonyl (C=O) groups is 1. The third-order valence-electron chi connectivity index (χ3n) is 2.59. The van der Waals surface area contributed by atoms with Crippen molar-refractivity contribution in [3.05, 3.63) is 23.9 Å². The molecule has 0 fully saturated rings. The van der Waals surface area contributed by atoms with E-state index >= 15 is 0 Å². The Morgan fingerprint density at radius 3 is 2.70 bits per heavy atom. The van der Waals surface area contributed by atoms with Gasteiger partial charge in [0.15, 0.2) is 0 Å². The van der Waals surface area contributed by atoms with E-state index in [4.69, 9.17) is 9.47 Å². The highest BCUT2D eigenvalue weighted by Crippen LogP contribution is 2.06. The Hall–Kier alpha value is -1.66. The summed E-state index contributed by atoms with van der Waals surface area (Å²) in [6.07, 6.45) is -0.166.